The Morgan fingerprint density at radius 1 is 1.20 bits per heavy atom. The van der Waals surface area contributed by atoms with Gasteiger partial charge < -0.3 is 25.6 Å². The summed E-state index contributed by atoms with van der Waals surface area (Å²) in [6.45, 7) is 7.03. The van der Waals surface area contributed by atoms with E-state index in [4.69, 9.17) is 31.9 Å². The fourth-order valence-electron chi connectivity index (χ4n) is 3.03. The van der Waals surface area contributed by atoms with Crippen molar-refractivity contribution in [3.63, 3.8) is 0 Å². The lowest BCUT2D eigenvalue weighted by Crippen LogP contribution is -2.39. The lowest BCUT2D eigenvalue weighted by atomic mass is 10.2. The first-order chi connectivity index (χ1) is 16.3. The van der Waals surface area contributed by atoms with Crippen molar-refractivity contribution >= 4 is 36.6 Å². The highest BCUT2D eigenvalue weighted by atomic mass is 35.5. The lowest BCUT2D eigenvalue weighted by molar-refractivity contribution is 0.106. The molecule has 0 fully saturated rings. The second kappa shape index (κ2) is 11.3. The van der Waals surface area contributed by atoms with Crippen LogP contribution in [0.2, 0.25) is 5.02 Å². The van der Waals surface area contributed by atoms with Crippen LogP contribution in [-0.2, 0) is 9.09 Å². The van der Waals surface area contributed by atoms with E-state index in [1.54, 1.807) is 0 Å². The van der Waals surface area contributed by atoms with Crippen LogP contribution in [-0.4, -0.2) is 49.8 Å². The number of nitrogens with one attached hydrogen (secondary N) is 1. The summed E-state index contributed by atoms with van der Waals surface area (Å²) >= 11 is 7.63. The van der Waals surface area contributed by atoms with Crippen LogP contribution in [0.4, 0.5) is 10.2 Å². The van der Waals surface area contributed by atoms with Crippen molar-refractivity contribution in [2.45, 2.75) is 45.9 Å². The van der Waals surface area contributed by atoms with E-state index in [1.807, 2.05) is 32.9 Å². The molecule has 0 radical (unpaired) electrons. The maximum Gasteiger partial charge on any atom is 0.469 e. The normalized spacial score (nSPS) is 13.7. The Bertz CT molecular complexity index is 1240. The third-order valence-corrected chi connectivity index (χ3v) is 6.58. The Morgan fingerprint density at radius 2 is 1.89 bits per heavy atom. The molecule has 2 unspecified atom stereocenters. The Balaban J connectivity index is 1.77. The number of phosphoric acid groups is 1. The van der Waals surface area contributed by atoms with Gasteiger partial charge in [-0.15, -0.1) is 10.2 Å². The number of nitrogens with zero attached hydrogens (tertiary/aromatic N) is 3. The highest BCUT2D eigenvalue weighted by molar-refractivity contribution is 7.46. The minimum atomic E-state index is -4.71. The Kier molecular flexibility index (Phi) is 8.81. The third kappa shape index (κ3) is 7.65. The van der Waals surface area contributed by atoms with E-state index in [0.29, 0.717) is 15.6 Å². The molecule has 0 aliphatic rings. The van der Waals surface area contributed by atoms with Crippen molar-refractivity contribution in [3.8, 4) is 26.9 Å². The van der Waals surface area contributed by atoms with Gasteiger partial charge in [-0.2, -0.15) is 0 Å². The van der Waals surface area contributed by atoms with E-state index < -0.39 is 25.8 Å². The zero-order valence-electron chi connectivity index (χ0n) is 19.4. The van der Waals surface area contributed by atoms with Crippen LogP contribution in [0.1, 0.15) is 26.5 Å². The van der Waals surface area contributed by atoms with Gasteiger partial charge in [0.15, 0.2) is 11.6 Å². The van der Waals surface area contributed by atoms with Crippen molar-refractivity contribution in [1.29, 1.82) is 0 Å². The van der Waals surface area contributed by atoms with Crippen LogP contribution >= 0.6 is 30.8 Å². The standard InChI is InChI=1S/C21H26ClFN5O5PS/c1-10(2)25-19-6-13(5-11(3)26-19)20-27-28-21(35-20)14-7-16(23)18(8-15(14)22)32-9-17(24)12(4)33-34(29,30)31/h5-8,10,12,17H,9,24H2,1-4H3,(H,25,26)(H2,29,30,31). The fraction of sp³-hybridized carbons (Fsp3) is 0.381. The number of pyridine rings is 1. The molecule has 0 spiro atoms. The lowest BCUT2D eigenvalue weighted by Gasteiger charge is -2.21. The van der Waals surface area contributed by atoms with Crippen LogP contribution < -0.4 is 15.8 Å². The average molecular weight is 546 g/mol. The zero-order valence-corrected chi connectivity index (χ0v) is 21.9. The number of rotatable bonds is 10. The highest BCUT2D eigenvalue weighted by Gasteiger charge is 2.25. The van der Waals surface area contributed by atoms with Crippen molar-refractivity contribution < 1.29 is 28.0 Å². The molecule has 14 heteroatoms. The summed E-state index contributed by atoms with van der Waals surface area (Å²) < 4.78 is 35.6. The number of benzene rings is 1. The van der Waals surface area contributed by atoms with Gasteiger partial charge in [0.1, 0.15) is 22.4 Å². The number of halogens is 2. The number of hydrogen-bond donors (Lipinski definition) is 4. The topological polar surface area (TPSA) is 153 Å². The zero-order chi connectivity index (χ0) is 25.9. The van der Waals surface area contributed by atoms with Crippen molar-refractivity contribution in [2.24, 2.45) is 5.73 Å². The molecule has 0 amide bonds. The van der Waals surface area contributed by atoms with Crippen LogP contribution in [0.3, 0.4) is 0 Å². The number of aromatic nitrogens is 3. The summed E-state index contributed by atoms with van der Waals surface area (Å²) in [6, 6.07) is 5.51. The molecule has 0 aliphatic heterocycles. The van der Waals surface area contributed by atoms with Gasteiger partial charge in [-0.3, -0.25) is 4.52 Å². The van der Waals surface area contributed by atoms with E-state index in [0.717, 1.165) is 17.1 Å². The fourth-order valence-corrected chi connectivity index (χ4v) is 4.78. The van der Waals surface area contributed by atoms with Gasteiger partial charge in [0.05, 0.1) is 17.2 Å². The van der Waals surface area contributed by atoms with Gasteiger partial charge in [0, 0.05) is 28.9 Å². The third-order valence-electron chi connectivity index (χ3n) is 4.65. The van der Waals surface area contributed by atoms with Gasteiger partial charge >= 0.3 is 7.82 Å². The van der Waals surface area contributed by atoms with Crippen molar-refractivity contribution in [1.82, 2.24) is 15.2 Å². The van der Waals surface area contributed by atoms with E-state index in [2.05, 4.69) is 25.0 Å². The van der Waals surface area contributed by atoms with Crippen molar-refractivity contribution in [3.05, 3.63) is 40.8 Å². The molecule has 2 heterocycles. The SMILES string of the molecule is Cc1cc(-c2nnc(-c3cc(F)c(OCC(N)C(C)OP(=O)(O)O)cc3Cl)s2)cc(NC(C)C)n1. The summed E-state index contributed by atoms with van der Waals surface area (Å²) in [5, 5.41) is 12.9. The Hall–Kier alpha value is -2.18. The molecule has 190 valence electrons. The van der Waals surface area contributed by atoms with E-state index >= 15 is 0 Å². The summed E-state index contributed by atoms with van der Waals surface area (Å²) in [6.07, 6.45) is -1.03. The predicted octanol–water partition coefficient (Wildman–Crippen LogP) is 4.39. The predicted molar refractivity (Wildman–Crippen MR) is 133 cm³/mol. The number of hydrogen-bond acceptors (Lipinski definition) is 9. The highest BCUT2D eigenvalue weighted by Crippen LogP contribution is 2.39. The maximum atomic E-state index is 14.8. The van der Waals surface area contributed by atoms with Crippen LogP contribution in [0.5, 0.6) is 5.75 Å². The molecule has 0 saturated heterocycles. The Morgan fingerprint density at radius 3 is 2.54 bits per heavy atom. The summed E-state index contributed by atoms with van der Waals surface area (Å²) in [4.78, 5) is 22.2. The second-order valence-electron chi connectivity index (χ2n) is 8.13. The van der Waals surface area contributed by atoms with Gasteiger partial charge in [0.2, 0.25) is 0 Å². The number of anilines is 1. The first-order valence-electron chi connectivity index (χ1n) is 10.5. The molecular weight excluding hydrogens is 520 g/mol. The maximum absolute atomic E-state index is 14.8. The molecule has 35 heavy (non-hydrogen) atoms. The summed E-state index contributed by atoms with van der Waals surface area (Å²) in [5.41, 5.74) is 7.79. The molecule has 5 N–H and O–H groups in total. The first kappa shape index (κ1) is 27.4. The molecule has 2 atom stereocenters. The van der Waals surface area contributed by atoms with Crippen LogP contribution in [0.15, 0.2) is 24.3 Å². The minimum absolute atomic E-state index is 0.170. The monoisotopic (exact) mass is 545 g/mol. The number of aryl methyl sites for hydroxylation is 1. The molecule has 2 aromatic heterocycles. The molecular formula is C21H26ClFN5O5PS. The molecule has 3 aromatic rings. The van der Waals surface area contributed by atoms with Gasteiger partial charge in [-0.05, 0) is 45.9 Å². The summed E-state index contributed by atoms with van der Waals surface area (Å²) in [5.74, 6) is -0.160. The summed E-state index contributed by atoms with van der Waals surface area (Å²) in [7, 11) is -4.71. The molecule has 10 nitrogen and oxygen atoms in total. The quantitative estimate of drug-likeness (QED) is 0.270. The van der Waals surface area contributed by atoms with Gasteiger partial charge in [-0.25, -0.2) is 13.9 Å². The molecule has 1 aromatic carbocycles. The van der Waals surface area contributed by atoms with E-state index in [-0.39, 0.29) is 23.4 Å². The smallest absolute Gasteiger partial charge is 0.469 e. The molecule has 0 saturated carbocycles. The second-order valence-corrected chi connectivity index (χ2v) is 10.7. The van der Waals surface area contributed by atoms with Crippen LogP contribution in [0, 0.1) is 12.7 Å². The van der Waals surface area contributed by atoms with E-state index in [1.165, 1.54) is 30.4 Å². The minimum Gasteiger partial charge on any atom is -0.489 e. The largest absolute Gasteiger partial charge is 0.489 e. The number of phosphoric ester groups is 1. The van der Waals surface area contributed by atoms with Crippen LogP contribution in [0.25, 0.3) is 21.1 Å². The van der Waals surface area contributed by atoms with Gasteiger partial charge in [-0.1, -0.05) is 22.9 Å². The Labute approximate surface area is 210 Å². The molecule has 0 aliphatic carbocycles. The van der Waals surface area contributed by atoms with E-state index in [9.17, 15) is 8.96 Å². The van der Waals surface area contributed by atoms with Gasteiger partial charge in [0.25, 0.3) is 0 Å². The molecule has 3 rings (SSSR count). The first-order valence-corrected chi connectivity index (χ1v) is 13.3. The average Bonchev–Trinajstić information content (AvgIpc) is 3.21. The molecule has 0 bridgehead atoms. The number of ether oxygens (including phenoxy) is 1. The van der Waals surface area contributed by atoms with Crippen molar-refractivity contribution in [2.75, 3.05) is 11.9 Å². The number of nitrogens with two attached hydrogens (primary N) is 1.